The molecule has 0 atom stereocenters. The number of carbonyl (C=O) groups is 1. The molecule has 1 aliphatic rings. The predicted octanol–water partition coefficient (Wildman–Crippen LogP) is 2.81. The number of benzene rings is 1. The van der Waals surface area contributed by atoms with E-state index in [0.29, 0.717) is 17.4 Å². The van der Waals surface area contributed by atoms with E-state index in [9.17, 15) is 14.9 Å². The normalized spacial score (nSPS) is 14.9. The molecule has 0 bridgehead atoms. The van der Waals surface area contributed by atoms with Gasteiger partial charge in [0.2, 0.25) is 0 Å². The minimum atomic E-state index is -0.530. The number of hydrogen-bond acceptors (Lipinski definition) is 5. The van der Waals surface area contributed by atoms with Gasteiger partial charge < -0.3 is 10.2 Å². The smallest absolute Gasteiger partial charge is 0.267 e. The van der Waals surface area contributed by atoms with E-state index in [1.807, 2.05) is 18.2 Å². The number of anilines is 1. The van der Waals surface area contributed by atoms with Crippen LogP contribution >= 0.6 is 0 Å². The summed E-state index contributed by atoms with van der Waals surface area (Å²) in [4.78, 5) is 32.2. The van der Waals surface area contributed by atoms with Crippen molar-refractivity contribution in [1.29, 1.82) is 5.26 Å². The standard InChI is InChI=1S/C25H25N5O2/c1-27-24(31)20(17-26)16-21-23(28-22-9-5-6-12-30(22)25(21)32)29-13-10-19(11-14-29)15-18-7-3-2-4-8-18/h2-9,12,16,19H,10-11,13-15H2,1H3,(H,27,31). The van der Waals surface area contributed by atoms with Crippen LogP contribution in [0.2, 0.25) is 0 Å². The van der Waals surface area contributed by atoms with Gasteiger partial charge in [0, 0.05) is 26.3 Å². The first-order valence-electron chi connectivity index (χ1n) is 10.7. The number of nitrogens with one attached hydrogen (secondary N) is 1. The molecule has 0 aliphatic carbocycles. The number of amides is 1. The molecular formula is C25H25N5O2. The molecule has 7 heteroatoms. The number of hydrogen-bond donors (Lipinski definition) is 1. The van der Waals surface area contributed by atoms with Gasteiger partial charge in [-0.3, -0.25) is 14.0 Å². The molecule has 162 valence electrons. The van der Waals surface area contributed by atoms with Crippen LogP contribution in [0.15, 0.2) is 65.1 Å². The Bertz CT molecular complexity index is 1250. The van der Waals surface area contributed by atoms with E-state index in [0.717, 1.165) is 32.4 Å². The van der Waals surface area contributed by atoms with E-state index >= 15 is 0 Å². The van der Waals surface area contributed by atoms with Crippen molar-refractivity contribution in [1.82, 2.24) is 14.7 Å². The second-order valence-corrected chi connectivity index (χ2v) is 7.95. The topological polar surface area (TPSA) is 90.5 Å². The number of aromatic nitrogens is 2. The third-order valence-corrected chi connectivity index (χ3v) is 5.91. The van der Waals surface area contributed by atoms with Crippen molar-refractivity contribution in [2.24, 2.45) is 5.92 Å². The summed E-state index contributed by atoms with van der Waals surface area (Å²) in [6, 6.07) is 17.7. The first-order valence-corrected chi connectivity index (χ1v) is 10.7. The number of fused-ring (bicyclic) bond motifs is 1. The van der Waals surface area contributed by atoms with Gasteiger partial charge in [-0.1, -0.05) is 36.4 Å². The van der Waals surface area contributed by atoms with Crippen LogP contribution in [-0.2, 0) is 11.2 Å². The summed E-state index contributed by atoms with van der Waals surface area (Å²) in [6.45, 7) is 1.52. The summed E-state index contributed by atoms with van der Waals surface area (Å²) >= 11 is 0. The van der Waals surface area contributed by atoms with Crippen LogP contribution in [0.1, 0.15) is 24.0 Å². The van der Waals surface area contributed by atoms with Crippen LogP contribution in [0, 0.1) is 17.2 Å². The molecule has 1 aromatic carbocycles. The Labute approximate surface area is 186 Å². The van der Waals surface area contributed by atoms with Crippen molar-refractivity contribution in [2.75, 3.05) is 25.0 Å². The van der Waals surface area contributed by atoms with E-state index in [1.54, 1.807) is 18.3 Å². The van der Waals surface area contributed by atoms with Crippen molar-refractivity contribution in [3.63, 3.8) is 0 Å². The molecule has 1 aliphatic heterocycles. The third kappa shape index (κ3) is 4.40. The van der Waals surface area contributed by atoms with Crippen LogP contribution in [0.4, 0.5) is 5.82 Å². The predicted molar refractivity (Wildman–Crippen MR) is 124 cm³/mol. The van der Waals surface area contributed by atoms with Gasteiger partial charge in [0.05, 0.1) is 5.56 Å². The molecule has 3 aromatic rings. The zero-order valence-electron chi connectivity index (χ0n) is 18.0. The Kier molecular flexibility index (Phi) is 6.31. The molecule has 0 unspecified atom stereocenters. The summed E-state index contributed by atoms with van der Waals surface area (Å²) < 4.78 is 1.44. The zero-order valence-corrected chi connectivity index (χ0v) is 18.0. The number of nitriles is 1. The molecule has 1 amide bonds. The molecule has 1 fully saturated rings. The highest BCUT2D eigenvalue weighted by Gasteiger charge is 2.24. The Morgan fingerprint density at radius 2 is 1.91 bits per heavy atom. The lowest BCUT2D eigenvalue weighted by atomic mass is 9.90. The lowest BCUT2D eigenvalue weighted by Crippen LogP contribution is -2.37. The van der Waals surface area contributed by atoms with Gasteiger partial charge in [0.15, 0.2) is 0 Å². The second-order valence-electron chi connectivity index (χ2n) is 7.95. The van der Waals surface area contributed by atoms with Gasteiger partial charge in [0.25, 0.3) is 11.5 Å². The quantitative estimate of drug-likeness (QED) is 0.500. The number of nitrogens with zero attached hydrogens (tertiary/aromatic N) is 4. The molecule has 1 N–H and O–H groups in total. The molecule has 3 heterocycles. The lowest BCUT2D eigenvalue weighted by molar-refractivity contribution is -0.116. The molecule has 2 aromatic heterocycles. The Hall–Kier alpha value is -3.92. The number of likely N-dealkylation sites (N-methyl/N-ethyl adjacent to an activating group) is 1. The number of carbonyl (C=O) groups excluding carboxylic acids is 1. The molecule has 0 radical (unpaired) electrons. The monoisotopic (exact) mass is 427 g/mol. The van der Waals surface area contributed by atoms with Crippen LogP contribution in [-0.4, -0.2) is 35.4 Å². The molecular weight excluding hydrogens is 402 g/mol. The highest BCUT2D eigenvalue weighted by molar-refractivity contribution is 6.02. The summed E-state index contributed by atoms with van der Waals surface area (Å²) in [6.07, 6.45) is 6.00. The average Bonchev–Trinajstić information content (AvgIpc) is 2.84. The summed E-state index contributed by atoms with van der Waals surface area (Å²) in [5, 5.41) is 11.9. The highest BCUT2D eigenvalue weighted by atomic mass is 16.1. The Morgan fingerprint density at radius 3 is 2.59 bits per heavy atom. The number of pyridine rings is 1. The minimum absolute atomic E-state index is 0.123. The van der Waals surface area contributed by atoms with E-state index in [4.69, 9.17) is 4.98 Å². The number of rotatable bonds is 5. The molecule has 0 spiro atoms. The van der Waals surface area contributed by atoms with Gasteiger partial charge in [-0.15, -0.1) is 0 Å². The maximum Gasteiger partial charge on any atom is 0.267 e. The van der Waals surface area contributed by atoms with Gasteiger partial charge in [0.1, 0.15) is 23.1 Å². The summed E-state index contributed by atoms with van der Waals surface area (Å²) in [7, 11) is 1.46. The summed E-state index contributed by atoms with van der Waals surface area (Å²) in [5.74, 6) is 0.559. The van der Waals surface area contributed by atoms with Gasteiger partial charge in [-0.25, -0.2) is 4.98 Å². The highest BCUT2D eigenvalue weighted by Crippen LogP contribution is 2.27. The molecule has 1 saturated heterocycles. The van der Waals surface area contributed by atoms with E-state index < -0.39 is 5.91 Å². The van der Waals surface area contributed by atoms with Crippen molar-refractivity contribution in [2.45, 2.75) is 19.3 Å². The third-order valence-electron chi connectivity index (χ3n) is 5.91. The second kappa shape index (κ2) is 9.48. The maximum atomic E-state index is 13.3. The van der Waals surface area contributed by atoms with Gasteiger partial charge >= 0.3 is 0 Å². The maximum absolute atomic E-state index is 13.3. The molecule has 4 rings (SSSR count). The SMILES string of the molecule is CNC(=O)C(C#N)=Cc1c(N2CCC(Cc3ccccc3)CC2)nc2ccccn2c1=O. The zero-order chi connectivity index (χ0) is 22.5. The fraction of sp³-hybridized carbons (Fsp3) is 0.280. The largest absolute Gasteiger partial charge is 0.356 e. The van der Waals surface area contributed by atoms with E-state index in [-0.39, 0.29) is 16.7 Å². The fourth-order valence-corrected chi connectivity index (χ4v) is 4.18. The van der Waals surface area contributed by atoms with Crippen LogP contribution in [0.25, 0.3) is 11.7 Å². The van der Waals surface area contributed by atoms with Crippen molar-refractivity contribution in [3.8, 4) is 6.07 Å². The summed E-state index contributed by atoms with van der Waals surface area (Å²) in [5.41, 5.74) is 1.71. The van der Waals surface area contributed by atoms with Crippen LogP contribution < -0.4 is 15.8 Å². The van der Waals surface area contributed by atoms with Crippen LogP contribution in [0.3, 0.4) is 0 Å². The first-order chi connectivity index (χ1) is 15.6. The minimum Gasteiger partial charge on any atom is -0.356 e. The Balaban J connectivity index is 1.67. The van der Waals surface area contributed by atoms with Crippen molar-refractivity contribution >= 4 is 23.4 Å². The Morgan fingerprint density at radius 1 is 1.19 bits per heavy atom. The van der Waals surface area contributed by atoms with Crippen molar-refractivity contribution < 1.29 is 4.79 Å². The first kappa shape index (κ1) is 21.3. The molecule has 0 saturated carbocycles. The lowest BCUT2D eigenvalue weighted by Gasteiger charge is -2.33. The molecule has 7 nitrogen and oxygen atoms in total. The fourth-order valence-electron chi connectivity index (χ4n) is 4.18. The molecule has 32 heavy (non-hydrogen) atoms. The van der Waals surface area contributed by atoms with Crippen LogP contribution in [0.5, 0.6) is 0 Å². The number of piperidine rings is 1. The van der Waals surface area contributed by atoms with Crippen molar-refractivity contribution in [3.05, 3.63) is 81.8 Å². The van der Waals surface area contributed by atoms with E-state index in [2.05, 4.69) is 34.5 Å². The van der Waals surface area contributed by atoms with E-state index in [1.165, 1.54) is 23.1 Å². The van der Waals surface area contributed by atoms with Gasteiger partial charge in [-0.2, -0.15) is 5.26 Å². The average molecular weight is 428 g/mol. The van der Waals surface area contributed by atoms with Gasteiger partial charge in [-0.05, 0) is 49.0 Å².